The molecule has 0 radical (unpaired) electrons. The van der Waals surface area contributed by atoms with Crippen LogP contribution in [-0.4, -0.2) is 37.8 Å². The molecule has 0 saturated heterocycles. The SMILES string of the molecule is CCOc1ccc2cc(-c3ccc4nnn(C)c4c3)c(=O)n(-c3ccc(OC(F)F)cc3)c2n1. The van der Waals surface area contributed by atoms with Gasteiger partial charge in [-0.1, -0.05) is 11.3 Å². The predicted octanol–water partition coefficient (Wildman–Crippen LogP) is 4.33. The molecule has 8 nitrogen and oxygen atoms in total. The third-order valence-electron chi connectivity index (χ3n) is 5.36. The van der Waals surface area contributed by atoms with Crippen molar-refractivity contribution in [2.45, 2.75) is 13.5 Å². The van der Waals surface area contributed by atoms with E-state index in [1.807, 2.05) is 25.1 Å². The van der Waals surface area contributed by atoms with E-state index in [1.54, 1.807) is 29.9 Å². The largest absolute Gasteiger partial charge is 0.478 e. The maximum Gasteiger partial charge on any atom is 0.387 e. The lowest BCUT2D eigenvalue weighted by atomic mass is 10.0. The van der Waals surface area contributed by atoms with Crippen molar-refractivity contribution in [2.24, 2.45) is 7.05 Å². The number of aryl methyl sites for hydroxylation is 1. The van der Waals surface area contributed by atoms with Gasteiger partial charge in [0.05, 0.1) is 17.8 Å². The number of hydrogen-bond acceptors (Lipinski definition) is 6. The molecule has 5 rings (SSSR count). The van der Waals surface area contributed by atoms with Crippen LogP contribution in [0, 0.1) is 0 Å². The van der Waals surface area contributed by atoms with Crippen LogP contribution in [-0.2, 0) is 7.05 Å². The highest BCUT2D eigenvalue weighted by atomic mass is 19.3. The highest BCUT2D eigenvalue weighted by Gasteiger charge is 2.16. The Hall–Kier alpha value is -4.34. The number of ether oxygens (including phenoxy) is 2. The zero-order valence-corrected chi connectivity index (χ0v) is 18.3. The Morgan fingerprint density at radius 3 is 2.56 bits per heavy atom. The Balaban J connectivity index is 1.75. The van der Waals surface area contributed by atoms with Crippen molar-refractivity contribution in [1.82, 2.24) is 24.5 Å². The molecule has 0 aliphatic heterocycles. The van der Waals surface area contributed by atoms with Crippen molar-refractivity contribution >= 4 is 22.1 Å². The zero-order valence-electron chi connectivity index (χ0n) is 18.3. The van der Waals surface area contributed by atoms with Crippen LogP contribution in [0.25, 0.3) is 38.9 Å². The first-order chi connectivity index (χ1) is 16.4. The van der Waals surface area contributed by atoms with Crippen molar-refractivity contribution in [1.29, 1.82) is 0 Å². The molecule has 3 heterocycles. The normalized spacial score (nSPS) is 11.4. The smallest absolute Gasteiger partial charge is 0.387 e. The number of alkyl halides is 2. The summed E-state index contributed by atoms with van der Waals surface area (Å²) in [6.45, 7) is -0.684. The first-order valence-electron chi connectivity index (χ1n) is 10.5. The minimum atomic E-state index is -2.94. The summed E-state index contributed by atoms with van der Waals surface area (Å²) in [7, 11) is 1.78. The molecular formula is C24H19F2N5O3. The van der Waals surface area contributed by atoms with Gasteiger partial charge in [0.2, 0.25) is 5.88 Å². The summed E-state index contributed by atoms with van der Waals surface area (Å²) < 4.78 is 38.2. The fourth-order valence-corrected chi connectivity index (χ4v) is 3.82. The number of rotatable bonds is 6. The number of aromatic nitrogens is 5. The molecule has 0 aliphatic carbocycles. The number of hydrogen-bond donors (Lipinski definition) is 0. The molecular weight excluding hydrogens is 444 g/mol. The van der Waals surface area contributed by atoms with E-state index in [4.69, 9.17) is 4.74 Å². The fraction of sp³-hybridized carbons (Fsp3) is 0.167. The molecule has 5 aromatic rings. The Morgan fingerprint density at radius 1 is 1.03 bits per heavy atom. The summed E-state index contributed by atoms with van der Waals surface area (Å²) >= 11 is 0. The summed E-state index contributed by atoms with van der Waals surface area (Å²) in [5.74, 6) is 0.361. The van der Waals surface area contributed by atoms with Crippen LogP contribution in [0.5, 0.6) is 11.6 Å². The van der Waals surface area contributed by atoms with Crippen molar-refractivity contribution in [2.75, 3.05) is 6.61 Å². The second-order valence-corrected chi connectivity index (χ2v) is 7.48. The minimum absolute atomic E-state index is 0.00983. The molecule has 0 amide bonds. The fourth-order valence-electron chi connectivity index (χ4n) is 3.82. The molecule has 3 aromatic heterocycles. The molecule has 0 aliphatic rings. The van der Waals surface area contributed by atoms with E-state index in [9.17, 15) is 13.6 Å². The molecule has 2 aromatic carbocycles. The van der Waals surface area contributed by atoms with Crippen molar-refractivity contribution in [3.8, 4) is 28.4 Å². The number of fused-ring (bicyclic) bond motifs is 2. The number of nitrogens with zero attached hydrogens (tertiary/aromatic N) is 5. The first kappa shape index (κ1) is 21.5. The summed E-state index contributed by atoms with van der Waals surface area (Å²) in [6, 6.07) is 16.6. The summed E-state index contributed by atoms with van der Waals surface area (Å²) in [4.78, 5) is 18.3. The lowest BCUT2D eigenvalue weighted by molar-refractivity contribution is -0.0498. The van der Waals surface area contributed by atoms with E-state index in [-0.39, 0.29) is 11.3 Å². The van der Waals surface area contributed by atoms with Gasteiger partial charge in [-0.2, -0.15) is 13.8 Å². The quantitative estimate of drug-likeness (QED) is 0.373. The average Bonchev–Trinajstić information content (AvgIpc) is 3.19. The van der Waals surface area contributed by atoms with Gasteiger partial charge in [0, 0.05) is 24.1 Å². The van der Waals surface area contributed by atoms with Gasteiger partial charge in [0.1, 0.15) is 11.3 Å². The lowest BCUT2D eigenvalue weighted by Crippen LogP contribution is -2.21. The second-order valence-electron chi connectivity index (χ2n) is 7.48. The van der Waals surface area contributed by atoms with E-state index >= 15 is 0 Å². The minimum Gasteiger partial charge on any atom is -0.478 e. The molecule has 0 spiro atoms. The number of pyridine rings is 2. The maximum atomic E-state index is 13.8. The van der Waals surface area contributed by atoms with Crippen molar-refractivity contribution < 1.29 is 18.3 Å². The number of benzene rings is 2. The van der Waals surface area contributed by atoms with Gasteiger partial charge in [-0.3, -0.25) is 9.36 Å². The number of halogens is 2. The van der Waals surface area contributed by atoms with Crippen LogP contribution < -0.4 is 15.0 Å². The lowest BCUT2D eigenvalue weighted by Gasteiger charge is -2.14. The van der Waals surface area contributed by atoms with Gasteiger partial charge in [-0.05, 0) is 61.0 Å². The van der Waals surface area contributed by atoms with Crippen molar-refractivity contribution in [3.63, 3.8) is 0 Å². The Kier molecular flexibility index (Phi) is 5.40. The second kappa shape index (κ2) is 8.54. The molecule has 34 heavy (non-hydrogen) atoms. The van der Waals surface area contributed by atoms with E-state index in [0.29, 0.717) is 45.9 Å². The third-order valence-corrected chi connectivity index (χ3v) is 5.36. The standard InChI is InChI=1S/C24H19F2N5O3/c1-3-33-21-11-5-15-12-18(14-4-10-19-20(13-14)30(2)29-28-19)23(32)31(22(15)27-21)16-6-8-17(9-7-16)34-24(25)26/h4-13,24H,3H2,1-2H3. The highest BCUT2D eigenvalue weighted by Crippen LogP contribution is 2.27. The third kappa shape index (κ3) is 3.83. The van der Waals surface area contributed by atoms with E-state index in [1.165, 1.54) is 28.8 Å². The molecule has 0 N–H and O–H groups in total. The van der Waals surface area contributed by atoms with Crippen LogP contribution in [0.4, 0.5) is 8.78 Å². The summed E-state index contributed by atoms with van der Waals surface area (Å²) in [5.41, 5.74) is 3.12. The van der Waals surface area contributed by atoms with Gasteiger partial charge in [0.15, 0.2) is 5.65 Å². The van der Waals surface area contributed by atoms with Crippen LogP contribution in [0.3, 0.4) is 0 Å². The van der Waals surface area contributed by atoms with Gasteiger partial charge in [-0.15, -0.1) is 5.10 Å². The molecule has 0 unspecified atom stereocenters. The average molecular weight is 463 g/mol. The molecule has 0 saturated carbocycles. The van der Waals surface area contributed by atoms with Crippen LogP contribution in [0.15, 0.2) is 65.5 Å². The van der Waals surface area contributed by atoms with E-state index < -0.39 is 6.61 Å². The molecule has 0 fully saturated rings. The Bertz CT molecular complexity index is 1560. The van der Waals surface area contributed by atoms with Gasteiger partial charge in [0.25, 0.3) is 5.56 Å². The molecule has 0 atom stereocenters. The zero-order chi connectivity index (χ0) is 23.8. The highest BCUT2D eigenvalue weighted by molar-refractivity contribution is 5.86. The van der Waals surface area contributed by atoms with Crippen molar-refractivity contribution in [3.05, 3.63) is 71.0 Å². The Morgan fingerprint density at radius 2 is 1.82 bits per heavy atom. The summed E-state index contributed by atoms with van der Waals surface area (Å²) in [5, 5.41) is 8.81. The Labute approximate surface area is 192 Å². The predicted molar refractivity (Wildman–Crippen MR) is 123 cm³/mol. The van der Waals surface area contributed by atoms with Gasteiger partial charge in [-0.25, -0.2) is 4.68 Å². The monoisotopic (exact) mass is 463 g/mol. The van der Waals surface area contributed by atoms with Crippen LogP contribution >= 0.6 is 0 Å². The maximum absolute atomic E-state index is 13.8. The van der Waals surface area contributed by atoms with Gasteiger partial charge < -0.3 is 9.47 Å². The van der Waals surface area contributed by atoms with Crippen LogP contribution in [0.1, 0.15) is 6.92 Å². The molecule has 0 bridgehead atoms. The molecule has 172 valence electrons. The van der Waals surface area contributed by atoms with Gasteiger partial charge >= 0.3 is 6.61 Å². The van der Waals surface area contributed by atoms with E-state index in [0.717, 1.165) is 5.52 Å². The van der Waals surface area contributed by atoms with Crippen LogP contribution in [0.2, 0.25) is 0 Å². The topological polar surface area (TPSA) is 84.1 Å². The summed E-state index contributed by atoms with van der Waals surface area (Å²) in [6.07, 6.45) is 0. The van der Waals surface area contributed by atoms with E-state index in [2.05, 4.69) is 20.0 Å². The first-order valence-corrected chi connectivity index (χ1v) is 10.5. The molecule has 10 heteroatoms.